The van der Waals surface area contributed by atoms with E-state index in [-0.39, 0.29) is 17.9 Å². The summed E-state index contributed by atoms with van der Waals surface area (Å²) in [4.78, 5) is 19.7. The fourth-order valence-corrected chi connectivity index (χ4v) is 1.95. The molecule has 0 aliphatic rings. The lowest BCUT2D eigenvalue weighted by atomic mass is 10.1. The third-order valence-electron chi connectivity index (χ3n) is 2.50. The summed E-state index contributed by atoms with van der Waals surface area (Å²) >= 11 is 3.24. The van der Waals surface area contributed by atoms with Crippen LogP contribution in [0.4, 0.5) is 4.39 Å². The van der Waals surface area contributed by atoms with Gasteiger partial charge in [0.15, 0.2) is 5.78 Å². The normalized spacial score (nSPS) is 10.3. The van der Waals surface area contributed by atoms with E-state index in [9.17, 15) is 9.18 Å². The average Bonchev–Trinajstić information content (AvgIpc) is 2.43. The summed E-state index contributed by atoms with van der Waals surface area (Å²) in [5.74, 6) is -0.414. The van der Waals surface area contributed by atoms with Gasteiger partial charge >= 0.3 is 0 Å². The standard InChI is InChI=1S/C13H10BrFN2O2/c1-19-13-6-11(16-7-17-13)12(18)5-8-4-9(14)2-3-10(8)15/h2-4,6-7H,5H2,1H3. The third-order valence-corrected chi connectivity index (χ3v) is 2.99. The van der Waals surface area contributed by atoms with Crippen molar-refractivity contribution in [1.82, 2.24) is 9.97 Å². The van der Waals surface area contributed by atoms with Crippen LogP contribution in [0.3, 0.4) is 0 Å². The van der Waals surface area contributed by atoms with Crippen molar-refractivity contribution in [2.75, 3.05) is 7.11 Å². The molecule has 1 heterocycles. The van der Waals surface area contributed by atoms with Gasteiger partial charge in [-0.2, -0.15) is 0 Å². The second-order valence-electron chi connectivity index (χ2n) is 3.78. The second-order valence-corrected chi connectivity index (χ2v) is 4.70. The molecule has 0 aliphatic carbocycles. The highest BCUT2D eigenvalue weighted by Crippen LogP contribution is 2.17. The maximum Gasteiger partial charge on any atom is 0.216 e. The van der Waals surface area contributed by atoms with Crippen molar-refractivity contribution < 1.29 is 13.9 Å². The van der Waals surface area contributed by atoms with Crippen LogP contribution >= 0.6 is 15.9 Å². The van der Waals surface area contributed by atoms with Gasteiger partial charge in [0, 0.05) is 17.0 Å². The van der Waals surface area contributed by atoms with Crippen molar-refractivity contribution in [3.63, 3.8) is 0 Å². The summed E-state index contributed by atoms with van der Waals surface area (Å²) in [7, 11) is 1.45. The summed E-state index contributed by atoms with van der Waals surface area (Å²) in [6, 6.07) is 5.90. The van der Waals surface area contributed by atoms with Crippen LogP contribution in [-0.4, -0.2) is 22.9 Å². The number of benzene rings is 1. The molecule has 0 saturated heterocycles. The largest absolute Gasteiger partial charge is 0.481 e. The van der Waals surface area contributed by atoms with Crippen molar-refractivity contribution in [3.05, 3.63) is 52.1 Å². The van der Waals surface area contributed by atoms with E-state index < -0.39 is 5.82 Å². The van der Waals surface area contributed by atoms with Crippen molar-refractivity contribution >= 4 is 21.7 Å². The lowest BCUT2D eigenvalue weighted by molar-refractivity contribution is 0.0986. The SMILES string of the molecule is COc1cc(C(=O)Cc2cc(Br)ccc2F)ncn1. The molecule has 0 saturated carbocycles. The molecule has 2 aromatic rings. The Kier molecular flexibility index (Phi) is 4.21. The molecule has 4 nitrogen and oxygen atoms in total. The number of carbonyl (C=O) groups excluding carboxylic acids is 1. The Morgan fingerprint density at radius 2 is 2.16 bits per heavy atom. The van der Waals surface area contributed by atoms with E-state index in [0.29, 0.717) is 11.4 Å². The van der Waals surface area contributed by atoms with Gasteiger partial charge in [-0.25, -0.2) is 14.4 Å². The number of methoxy groups -OCH3 is 1. The van der Waals surface area contributed by atoms with Crippen molar-refractivity contribution in [1.29, 1.82) is 0 Å². The Morgan fingerprint density at radius 3 is 2.89 bits per heavy atom. The molecule has 0 atom stereocenters. The zero-order chi connectivity index (χ0) is 13.8. The lowest BCUT2D eigenvalue weighted by Gasteiger charge is -2.04. The minimum absolute atomic E-state index is 0.0640. The Hall–Kier alpha value is -1.82. The van der Waals surface area contributed by atoms with Crippen LogP contribution in [0.2, 0.25) is 0 Å². The first kappa shape index (κ1) is 13.6. The Bertz CT molecular complexity index is 619. The number of halogens is 2. The molecule has 19 heavy (non-hydrogen) atoms. The quantitative estimate of drug-likeness (QED) is 0.811. The van der Waals surface area contributed by atoms with E-state index in [4.69, 9.17) is 4.74 Å². The lowest BCUT2D eigenvalue weighted by Crippen LogP contribution is -2.08. The van der Waals surface area contributed by atoms with Gasteiger partial charge in [0.2, 0.25) is 5.88 Å². The molecule has 0 aliphatic heterocycles. The molecule has 0 radical (unpaired) electrons. The van der Waals surface area contributed by atoms with Gasteiger partial charge in [-0.15, -0.1) is 0 Å². The summed E-state index contributed by atoms with van der Waals surface area (Å²) in [5, 5.41) is 0. The second kappa shape index (κ2) is 5.88. The molecular formula is C13H10BrFN2O2. The van der Waals surface area contributed by atoms with E-state index in [2.05, 4.69) is 25.9 Å². The van der Waals surface area contributed by atoms with E-state index in [1.165, 1.54) is 25.6 Å². The van der Waals surface area contributed by atoms with Crippen LogP contribution in [0.25, 0.3) is 0 Å². The molecule has 0 spiro atoms. The molecule has 1 aromatic carbocycles. The minimum Gasteiger partial charge on any atom is -0.481 e. The molecule has 98 valence electrons. The van der Waals surface area contributed by atoms with Gasteiger partial charge in [-0.05, 0) is 23.8 Å². The number of Topliss-reactive ketones (excluding diaryl/α,β-unsaturated/α-hetero) is 1. The van der Waals surface area contributed by atoms with Gasteiger partial charge in [0.05, 0.1) is 7.11 Å². The first-order chi connectivity index (χ1) is 9.10. The predicted molar refractivity (Wildman–Crippen MR) is 70.7 cm³/mol. The van der Waals surface area contributed by atoms with Crippen LogP contribution in [0.15, 0.2) is 35.1 Å². The highest BCUT2D eigenvalue weighted by atomic mass is 79.9. The first-order valence-corrected chi connectivity index (χ1v) is 6.22. The highest BCUT2D eigenvalue weighted by Gasteiger charge is 2.13. The molecule has 1 aromatic heterocycles. The van der Waals surface area contributed by atoms with Gasteiger partial charge in [0.25, 0.3) is 0 Å². The average molecular weight is 325 g/mol. The number of rotatable bonds is 4. The van der Waals surface area contributed by atoms with E-state index in [1.54, 1.807) is 12.1 Å². The molecule has 2 rings (SSSR count). The molecule has 6 heteroatoms. The number of hydrogen-bond donors (Lipinski definition) is 0. The van der Waals surface area contributed by atoms with Gasteiger partial charge in [-0.3, -0.25) is 4.79 Å². The van der Waals surface area contributed by atoms with Crippen molar-refractivity contribution in [2.45, 2.75) is 6.42 Å². The van der Waals surface area contributed by atoms with Gasteiger partial charge in [0.1, 0.15) is 17.8 Å². The number of ether oxygens (including phenoxy) is 1. The van der Waals surface area contributed by atoms with E-state index in [1.807, 2.05) is 0 Å². The number of carbonyl (C=O) groups is 1. The Balaban J connectivity index is 2.22. The third kappa shape index (κ3) is 3.35. The number of nitrogens with zero attached hydrogens (tertiary/aromatic N) is 2. The Labute approximate surface area is 117 Å². The van der Waals surface area contributed by atoms with Crippen LogP contribution in [0.5, 0.6) is 5.88 Å². The predicted octanol–water partition coefficient (Wildman–Crippen LogP) is 2.81. The Morgan fingerprint density at radius 1 is 1.37 bits per heavy atom. The van der Waals surface area contributed by atoms with Gasteiger partial charge in [-0.1, -0.05) is 15.9 Å². The zero-order valence-corrected chi connectivity index (χ0v) is 11.6. The fourth-order valence-electron chi connectivity index (χ4n) is 1.55. The van der Waals surface area contributed by atoms with Crippen LogP contribution in [0.1, 0.15) is 16.1 Å². The fraction of sp³-hybridized carbons (Fsp3) is 0.154. The smallest absolute Gasteiger partial charge is 0.216 e. The van der Waals surface area contributed by atoms with E-state index >= 15 is 0 Å². The summed E-state index contributed by atoms with van der Waals surface area (Å²) in [6.07, 6.45) is 1.18. The summed E-state index contributed by atoms with van der Waals surface area (Å²) in [6.45, 7) is 0. The van der Waals surface area contributed by atoms with Crippen LogP contribution in [-0.2, 0) is 6.42 Å². The minimum atomic E-state index is -0.419. The maximum atomic E-state index is 13.6. The van der Waals surface area contributed by atoms with E-state index in [0.717, 1.165) is 4.47 Å². The maximum absolute atomic E-state index is 13.6. The molecule has 0 fully saturated rings. The van der Waals surface area contributed by atoms with Gasteiger partial charge < -0.3 is 4.74 Å². The topological polar surface area (TPSA) is 52.1 Å². The van der Waals surface area contributed by atoms with Crippen LogP contribution in [0, 0.1) is 5.82 Å². The molecule has 0 N–H and O–H groups in total. The number of aromatic nitrogens is 2. The van der Waals surface area contributed by atoms with Crippen molar-refractivity contribution in [3.8, 4) is 5.88 Å². The zero-order valence-electron chi connectivity index (χ0n) is 10.1. The first-order valence-electron chi connectivity index (χ1n) is 5.43. The number of ketones is 1. The molecular weight excluding hydrogens is 315 g/mol. The monoisotopic (exact) mass is 324 g/mol. The number of hydrogen-bond acceptors (Lipinski definition) is 4. The van der Waals surface area contributed by atoms with Crippen LogP contribution < -0.4 is 4.74 Å². The molecule has 0 unspecified atom stereocenters. The molecule has 0 amide bonds. The molecule has 0 bridgehead atoms. The highest BCUT2D eigenvalue weighted by molar-refractivity contribution is 9.10. The summed E-state index contributed by atoms with van der Waals surface area (Å²) in [5.41, 5.74) is 0.517. The summed E-state index contributed by atoms with van der Waals surface area (Å²) < 4.78 is 19.2. The van der Waals surface area contributed by atoms with Crippen molar-refractivity contribution in [2.24, 2.45) is 0 Å².